The summed E-state index contributed by atoms with van der Waals surface area (Å²) in [6.07, 6.45) is 0.00655. The van der Waals surface area contributed by atoms with E-state index in [1.165, 1.54) is 0 Å². The maximum atomic E-state index is 10.2. The number of H-pyrrole nitrogens is 1. The molecule has 0 aliphatic carbocycles. The standard InChI is InChI=1S/C13H23N3O3/c1-7(2)11-13(19)12(18)10(6-17)16(11)5-9-4-14-15-8(9)3/h4,7,10-13,17-19H,5-6H2,1-3H3,(H,14,15)/t10-,11+,12-,13+/m1/s1. The fourth-order valence-corrected chi connectivity index (χ4v) is 2.99. The highest BCUT2D eigenvalue weighted by molar-refractivity contribution is 5.16. The lowest BCUT2D eigenvalue weighted by atomic mass is 9.98. The number of nitrogens with zero attached hydrogens (tertiary/aromatic N) is 2. The molecular formula is C13H23N3O3. The number of hydrogen-bond acceptors (Lipinski definition) is 5. The third kappa shape index (κ3) is 2.53. The van der Waals surface area contributed by atoms with Crippen LogP contribution in [0, 0.1) is 12.8 Å². The van der Waals surface area contributed by atoms with E-state index in [1.807, 2.05) is 25.7 Å². The summed E-state index contributed by atoms with van der Waals surface area (Å²) < 4.78 is 0. The fourth-order valence-electron chi connectivity index (χ4n) is 2.99. The average Bonchev–Trinajstić information content (AvgIpc) is 2.84. The average molecular weight is 269 g/mol. The van der Waals surface area contributed by atoms with Crippen molar-refractivity contribution in [1.82, 2.24) is 15.1 Å². The van der Waals surface area contributed by atoms with E-state index < -0.39 is 18.2 Å². The molecule has 0 bridgehead atoms. The van der Waals surface area contributed by atoms with E-state index in [-0.39, 0.29) is 18.6 Å². The van der Waals surface area contributed by atoms with E-state index in [4.69, 9.17) is 0 Å². The van der Waals surface area contributed by atoms with E-state index in [2.05, 4.69) is 10.2 Å². The fraction of sp³-hybridized carbons (Fsp3) is 0.769. The normalized spacial score (nSPS) is 32.4. The Labute approximate surface area is 113 Å². The maximum Gasteiger partial charge on any atom is 0.0991 e. The first-order valence-electron chi connectivity index (χ1n) is 6.69. The topological polar surface area (TPSA) is 92.6 Å². The predicted octanol–water partition coefficient (Wildman–Crippen LogP) is -0.359. The first-order chi connectivity index (χ1) is 8.97. The molecular weight excluding hydrogens is 246 g/mol. The molecule has 6 heteroatoms. The van der Waals surface area contributed by atoms with Gasteiger partial charge in [-0.1, -0.05) is 13.8 Å². The van der Waals surface area contributed by atoms with Crippen LogP contribution in [0.3, 0.4) is 0 Å². The van der Waals surface area contributed by atoms with Gasteiger partial charge in [0.15, 0.2) is 0 Å². The molecule has 1 fully saturated rings. The summed E-state index contributed by atoms with van der Waals surface area (Å²) in [7, 11) is 0. The number of aromatic nitrogens is 2. The third-order valence-electron chi connectivity index (χ3n) is 4.06. The summed E-state index contributed by atoms with van der Waals surface area (Å²) >= 11 is 0. The second kappa shape index (κ2) is 5.58. The first kappa shape index (κ1) is 14.5. The summed E-state index contributed by atoms with van der Waals surface area (Å²) in [5, 5.41) is 36.6. The molecule has 2 heterocycles. The summed E-state index contributed by atoms with van der Waals surface area (Å²) in [5.74, 6) is 0.188. The zero-order chi connectivity index (χ0) is 14.2. The van der Waals surface area contributed by atoms with Crippen molar-refractivity contribution in [2.75, 3.05) is 6.61 Å². The van der Waals surface area contributed by atoms with Crippen LogP contribution in [0.2, 0.25) is 0 Å². The number of aromatic amines is 1. The molecule has 1 aliphatic heterocycles. The van der Waals surface area contributed by atoms with Crippen molar-refractivity contribution in [1.29, 1.82) is 0 Å². The molecule has 0 aromatic carbocycles. The van der Waals surface area contributed by atoms with Gasteiger partial charge in [-0.05, 0) is 12.8 Å². The van der Waals surface area contributed by atoms with E-state index in [1.54, 1.807) is 6.20 Å². The Kier molecular flexibility index (Phi) is 4.25. The predicted molar refractivity (Wildman–Crippen MR) is 70.4 cm³/mol. The highest BCUT2D eigenvalue weighted by Crippen LogP contribution is 2.31. The molecule has 0 saturated carbocycles. The molecule has 1 aromatic rings. The molecule has 2 rings (SSSR count). The monoisotopic (exact) mass is 269 g/mol. The van der Waals surface area contributed by atoms with Crippen molar-refractivity contribution < 1.29 is 15.3 Å². The van der Waals surface area contributed by atoms with Gasteiger partial charge in [0.1, 0.15) is 0 Å². The molecule has 0 amide bonds. The Bertz CT molecular complexity index is 421. The van der Waals surface area contributed by atoms with E-state index in [9.17, 15) is 15.3 Å². The van der Waals surface area contributed by atoms with Gasteiger partial charge in [-0.2, -0.15) is 5.10 Å². The Morgan fingerprint density at radius 3 is 2.53 bits per heavy atom. The van der Waals surface area contributed by atoms with E-state index >= 15 is 0 Å². The highest BCUT2D eigenvalue weighted by atomic mass is 16.3. The number of rotatable bonds is 4. The van der Waals surface area contributed by atoms with Gasteiger partial charge in [0.2, 0.25) is 0 Å². The Balaban J connectivity index is 2.25. The van der Waals surface area contributed by atoms with Gasteiger partial charge in [0.05, 0.1) is 31.1 Å². The minimum atomic E-state index is -0.912. The Hall–Kier alpha value is -0.950. The van der Waals surface area contributed by atoms with Gasteiger partial charge in [-0.3, -0.25) is 10.00 Å². The van der Waals surface area contributed by atoms with Crippen LogP contribution in [0.5, 0.6) is 0 Å². The molecule has 0 unspecified atom stereocenters. The molecule has 0 spiro atoms. The molecule has 0 radical (unpaired) electrons. The number of nitrogens with one attached hydrogen (secondary N) is 1. The number of aliphatic hydroxyl groups excluding tert-OH is 3. The smallest absolute Gasteiger partial charge is 0.0991 e. The van der Waals surface area contributed by atoms with Gasteiger partial charge in [-0.15, -0.1) is 0 Å². The lowest BCUT2D eigenvalue weighted by Gasteiger charge is -2.31. The number of likely N-dealkylation sites (tertiary alicyclic amines) is 1. The largest absolute Gasteiger partial charge is 0.395 e. The summed E-state index contributed by atoms with van der Waals surface area (Å²) in [6.45, 7) is 6.34. The van der Waals surface area contributed by atoms with Crippen molar-refractivity contribution in [3.8, 4) is 0 Å². The zero-order valence-electron chi connectivity index (χ0n) is 11.6. The lowest BCUT2D eigenvalue weighted by molar-refractivity contribution is 0.0145. The quantitative estimate of drug-likeness (QED) is 0.599. The minimum absolute atomic E-state index is 0.165. The summed E-state index contributed by atoms with van der Waals surface area (Å²) in [4.78, 5) is 1.98. The van der Waals surface area contributed by atoms with Crippen molar-refractivity contribution in [2.24, 2.45) is 5.92 Å². The Morgan fingerprint density at radius 2 is 2.05 bits per heavy atom. The van der Waals surface area contributed by atoms with Crippen LogP contribution in [-0.4, -0.2) is 61.3 Å². The minimum Gasteiger partial charge on any atom is -0.395 e. The number of aliphatic hydroxyl groups is 3. The van der Waals surface area contributed by atoms with Crippen LogP contribution < -0.4 is 0 Å². The molecule has 4 atom stereocenters. The number of hydrogen-bond donors (Lipinski definition) is 4. The van der Waals surface area contributed by atoms with Gasteiger partial charge >= 0.3 is 0 Å². The van der Waals surface area contributed by atoms with Crippen LogP contribution in [0.25, 0.3) is 0 Å². The highest BCUT2D eigenvalue weighted by Gasteiger charge is 2.48. The molecule has 1 aliphatic rings. The van der Waals surface area contributed by atoms with Crippen molar-refractivity contribution in [3.05, 3.63) is 17.5 Å². The Morgan fingerprint density at radius 1 is 1.37 bits per heavy atom. The SMILES string of the molecule is Cc1[nH]ncc1CN1[C@H](CO)[C@@H](O)[C@@H](O)[C@@H]1C(C)C. The molecule has 4 N–H and O–H groups in total. The zero-order valence-corrected chi connectivity index (χ0v) is 11.6. The summed E-state index contributed by atoms with van der Waals surface area (Å²) in [5.41, 5.74) is 1.99. The van der Waals surface area contributed by atoms with Crippen LogP contribution >= 0.6 is 0 Å². The van der Waals surface area contributed by atoms with Gasteiger partial charge in [0, 0.05) is 23.8 Å². The molecule has 19 heavy (non-hydrogen) atoms. The van der Waals surface area contributed by atoms with Crippen LogP contribution in [0.1, 0.15) is 25.1 Å². The number of aryl methyl sites for hydroxylation is 1. The van der Waals surface area contributed by atoms with Crippen LogP contribution in [0.15, 0.2) is 6.20 Å². The summed E-state index contributed by atoms with van der Waals surface area (Å²) in [6, 6.07) is -0.599. The van der Waals surface area contributed by atoms with Crippen molar-refractivity contribution in [3.63, 3.8) is 0 Å². The van der Waals surface area contributed by atoms with Crippen LogP contribution in [0.4, 0.5) is 0 Å². The van der Waals surface area contributed by atoms with Gasteiger partial charge < -0.3 is 15.3 Å². The molecule has 1 saturated heterocycles. The third-order valence-corrected chi connectivity index (χ3v) is 4.06. The van der Waals surface area contributed by atoms with Gasteiger partial charge in [0.25, 0.3) is 0 Å². The first-order valence-corrected chi connectivity index (χ1v) is 6.69. The molecule has 108 valence electrons. The second-order valence-corrected chi connectivity index (χ2v) is 5.66. The molecule has 1 aromatic heterocycles. The van der Waals surface area contributed by atoms with E-state index in [0.29, 0.717) is 6.54 Å². The van der Waals surface area contributed by atoms with Gasteiger partial charge in [-0.25, -0.2) is 0 Å². The van der Waals surface area contributed by atoms with Crippen molar-refractivity contribution >= 4 is 0 Å². The maximum absolute atomic E-state index is 10.2. The van der Waals surface area contributed by atoms with Crippen molar-refractivity contribution in [2.45, 2.75) is 51.6 Å². The van der Waals surface area contributed by atoms with Crippen LogP contribution in [-0.2, 0) is 6.54 Å². The second-order valence-electron chi connectivity index (χ2n) is 5.66. The lowest BCUT2D eigenvalue weighted by Crippen LogP contribution is -2.43. The van der Waals surface area contributed by atoms with E-state index in [0.717, 1.165) is 11.3 Å². The molecule has 6 nitrogen and oxygen atoms in total.